The van der Waals surface area contributed by atoms with Crippen LogP contribution in [0.4, 0.5) is 5.69 Å². The summed E-state index contributed by atoms with van der Waals surface area (Å²) in [5, 5.41) is 22.9. The molecule has 0 saturated heterocycles. The van der Waals surface area contributed by atoms with Crippen molar-refractivity contribution >= 4 is 28.7 Å². The summed E-state index contributed by atoms with van der Waals surface area (Å²) >= 11 is 1.30. The molecule has 0 spiro atoms. The Kier molecular flexibility index (Phi) is 6.22. The van der Waals surface area contributed by atoms with E-state index in [1.54, 1.807) is 42.8 Å². The van der Waals surface area contributed by atoms with Gasteiger partial charge in [0.1, 0.15) is 11.1 Å². The summed E-state index contributed by atoms with van der Waals surface area (Å²) in [6.07, 6.45) is 1.72. The molecule has 0 unspecified atom stereocenters. The Hall–Kier alpha value is -3.70. The van der Waals surface area contributed by atoms with Crippen LogP contribution in [0, 0.1) is 21.4 Å². The van der Waals surface area contributed by atoms with E-state index in [2.05, 4.69) is 11.1 Å². The lowest BCUT2D eigenvalue weighted by molar-refractivity contribution is -0.384. The highest BCUT2D eigenvalue weighted by Crippen LogP contribution is 2.32. The van der Waals surface area contributed by atoms with Crippen molar-refractivity contribution in [2.24, 2.45) is 0 Å². The van der Waals surface area contributed by atoms with E-state index in [0.717, 1.165) is 5.56 Å². The SMILES string of the molecule is CCOc1cc(/C=C(\C#N)c2nc(-c3cccc([N+](=O)[O-])c3)cs2)ccc1OC. The summed E-state index contributed by atoms with van der Waals surface area (Å²) in [5.41, 5.74) is 2.37. The van der Waals surface area contributed by atoms with Gasteiger partial charge in [-0.1, -0.05) is 18.2 Å². The van der Waals surface area contributed by atoms with Gasteiger partial charge >= 0.3 is 0 Å². The van der Waals surface area contributed by atoms with Gasteiger partial charge < -0.3 is 9.47 Å². The molecule has 1 aromatic heterocycles. The average Bonchev–Trinajstić information content (AvgIpc) is 3.22. The van der Waals surface area contributed by atoms with E-state index in [1.165, 1.54) is 23.5 Å². The zero-order valence-corrected chi connectivity index (χ0v) is 16.6. The maximum atomic E-state index is 11.0. The summed E-state index contributed by atoms with van der Waals surface area (Å²) < 4.78 is 10.9. The third kappa shape index (κ3) is 4.59. The van der Waals surface area contributed by atoms with Crippen LogP contribution in [-0.4, -0.2) is 23.6 Å². The van der Waals surface area contributed by atoms with Crippen LogP contribution in [0.25, 0.3) is 22.9 Å². The summed E-state index contributed by atoms with van der Waals surface area (Å²) in [4.78, 5) is 15.0. The van der Waals surface area contributed by atoms with E-state index in [0.29, 0.717) is 39.9 Å². The molecule has 0 aliphatic rings. The molecule has 0 amide bonds. The van der Waals surface area contributed by atoms with Crippen molar-refractivity contribution in [2.75, 3.05) is 13.7 Å². The number of hydrogen-bond donors (Lipinski definition) is 0. The van der Waals surface area contributed by atoms with E-state index >= 15 is 0 Å². The first-order valence-electron chi connectivity index (χ1n) is 8.69. The first-order chi connectivity index (χ1) is 14.0. The molecule has 3 rings (SSSR count). The van der Waals surface area contributed by atoms with Gasteiger partial charge in [0.2, 0.25) is 0 Å². The van der Waals surface area contributed by atoms with E-state index in [1.807, 2.05) is 13.0 Å². The molecule has 0 aliphatic carbocycles. The number of nitriles is 1. The molecule has 0 fully saturated rings. The fourth-order valence-corrected chi connectivity index (χ4v) is 3.46. The fraction of sp³-hybridized carbons (Fsp3) is 0.143. The molecule has 146 valence electrons. The van der Waals surface area contributed by atoms with Crippen molar-refractivity contribution in [3.05, 3.63) is 68.5 Å². The second kappa shape index (κ2) is 8.99. The first kappa shape index (κ1) is 20.0. The molecule has 29 heavy (non-hydrogen) atoms. The van der Waals surface area contributed by atoms with Crippen molar-refractivity contribution in [1.29, 1.82) is 5.26 Å². The molecule has 0 bridgehead atoms. The van der Waals surface area contributed by atoms with Gasteiger partial charge in [0, 0.05) is 23.1 Å². The second-order valence-corrected chi connectivity index (χ2v) is 6.72. The van der Waals surface area contributed by atoms with Crippen LogP contribution in [0.15, 0.2) is 47.8 Å². The van der Waals surface area contributed by atoms with E-state index in [9.17, 15) is 15.4 Å². The lowest BCUT2D eigenvalue weighted by Gasteiger charge is -2.09. The lowest BCUT2D eigenvalue weighted by Crippen LogP contribution is -1.95. The monoisotopic (exact) mass is 407 g/mol. The molecule has 8 heteroatoms. The first-order valence-corrected chi connectivity index (χ1v) is 9.57. The number of nitro groups is 1. The number of benzene rings is 2. The number of nitrogens with zero attached hydrogens (tertiary/aromatic N) is 3. The molecule has 0 radical (unpaired) electrons. The number of ether oxygens (including phenoxy) is 2. The average molecular weight is 407 g/mol. The molecule has 0 N–H and O–H groups in total. The number of allylic oxidation sites excluding steroid dienone is 1. The minimum Gasteiger partial charge on any atom is -0.493 e. The Morgan fingerprint density at radius 2 is 2.14 bits per heavy atom. The zero-order valence-electron chi connectivity index (χ0n) is 15.8. The van der Waals surface area contributed by atoms with Crippen LogP contribution in [-0.2, 0) is 0 Å². The number of nitro benzene ring substituents is 1. The van der Waals surface area contributed by atoms with Crippen LogP contribution < -0.4 is 9.47 Å². The fourth-order valence-electron chi connectivity index (χ4n) is 2.67. The highest BCUT2D eigenvalue weighted by molar-refractivity contribution is 7.11. The summed E-state index contributed by atoms with van der Waals surface area (Å²) in [6, 6.07) is 13.8. The predicted molar refractivity (Wildman–Crippen MR) is 112 cm³/mol. The Labute approximate surface area is 171 Å². The van der Waals surface area contributed by atoms with Gasteiger partial charge in [-0.15, -0.1) is 11.3 Å². The van der Waals surface area contributed by atoms with Crippen LogP contribution in [0.3, 0.4) is 0 Å². The summed E-state index contributed by atoms with van der Waals surface area (Å²) in [5.74, 6) is 1.21. The molecular formula is C21H17N3O4S. The number of hydrogen-bond acceptors (Lipinski definition) is 7. The van der Waals surface area contributed by atoms with Crippen molar-refractivity contribution in [3.63, 3.8) is 0 Å². The molecule has 0 atom stereocenters. The van der Waals surface area contributed by atoms with Gasteiger partial charge in [-0.25, -0.2) is 4.98 Å². The molecule has 3 aromatic rings. The Balaban J connectivity index is 1.94. The van der Waals surface area contributed by atoms with Crippen LogP contribution in [0.5, 0.6) is 11.5 Å². The quantitative estimate of drug-likeness (QED) is 0.304. The normalized spacial score (nSPS) is 11.0. The number of non-ortho nitro benzene ring substituents is 1. The number of thiazole rings is 1. The lowest BCUT2D eigenvalue weighted by atomic mass is 10.1. The highest BCUT2D eigenvalue weighted by Gasteiger charge is 2.13. The van der Waals surface area contributed by atoms with Crippen LogP contribution >= 0.6 is 11.3 Å². The van der Waals surface area contributed by atoms with Crippen molar-refractivity contribution in [1.82, 2.24) is 4.98 Å². The molecule has 0 saturated carbocycles. The van der Waals surface area contributed by atoms with Crippen molar-refractivity contribution in [2.45, 2.75) is 6.92 Å². The number of aromatic nitrogens is 1. The smallest absolute Gasteiger partial charge is 0.270 e. The number of rotatable bonds is 7. The molecular weight excluding hydrogens is 390 g/mol. The standard InChI is InChI=1S/C21H17N3O4S/c1-3-28-20-10-14(7-8-19(20)27-2)9-16(12-22)21-23-18(13-29-21)15-5-4-6-17(11-15)24(25)26/h4-11,13H,3H2,1-2H3/b16-9+. The largest absolute Gasteiger partial charge is 0.493 e. The molecule has 7 nitrogen and oxygen atoms in total. The molecule has 1 heterocycles. The minimum absolute atomic E-state index is 0.00483. The van der Waals surface area contributed by atoms with Crippen LogP contribution in [0.1, 0.15) is 17.5 Å². The Bertz CT molecular complexity index is 1120. The van der Waals surface area contributed by atoms with E-state index in [-0.39, 0.29) is 5.69 Å². The predicted octanol–water partition coefficient (Wildman–Crippen LogP) is 5.19. The maximum absolute atomic E-state index is 11.0. The van der Waals surface area contributed by atoms with Gasteiger partial charge in [-0.2, -0.15) is 5.26 Å². The van der Waals surface area contributed by atoms with Gasteiger partial charge in [-0.05, 0) is 30.7 Å². The van der Waals surface area contributed by atoms with Crippen LogP contribution in [0.2, 0.25) is 0 Å². The maximum Gasteiger partial charge on any atom is 0.270 e. The number of methoxy groups -OCH3 is 1. The zero-order chi connectivity index (χ0) is 20.8. The van der Waals surface area contributed by atoms with Gasteiger partial charge in [0.05, 0.1) is 29.9 Å². The summed E-state index contributed by atoms with van der Waals surface area (Å²) in [7, 11) is 1.57. The summed E-state index contributed by atoms with van der Waals surface area (Å²) in [6.45, 7) is 2.38. The Morgan fingerprint density at radius 3 is 2.83 bits per heavy atom. The van der Waals surface area contributed by atoms with Gasteiger partial charge in [0.25, 0.3) is 5.69 Å². The van der Waals surface area contributed by atoms with Crippen molar-refractivity contribution < 1.29 is 14.4 Å². The Morgan fingerprint density at radius 1 is 1.31 bits per heavy atom. The van der Waals surface area contributed by atoms with E-state index in [4.69, 9.17) is 9.47 Å². The highest BCUT2D eigenvalue weighted by atomic mass is 32.1. The van der Waals surface area contributed by atoms with Gasteiger partial charge in [-0.3, -0.25) is 10.1 Å². The van der Waals surface area contributed by atoms with Gasteiger partial charge in [0.15, 0.2) is 11.5 Å². The molecule has 0 aliphatic heterocycles. The third-order valence-electron chi connectivity index (χ3n) is 4.01. The van der Waals surface area contributed by atoms with Crippen molar-refractivity contribution in [3.8, 4) is 28.8 Å². The minimum atomic E-state index is -0.447. The van der Waals surface area contributed by atoms with E-state index < -0.39 is 4.92 Å². The molecule has 2 aromatic carbocycles. The third-order valence-corrected chi connectivity index (χ3v) is 4.88. The second-order valence-electron chi connectivity index (χ2n) is 5.86. The topological polar surface area (TPSA) is 98.3 Å².